The van der Waals surface area contributed by atoms with E-state index in [-0.39, 0.29) is 47.4 Å². The van der Waals surface area contributed by atoms with Gasteiger partial charge in [0.15, 0.2) is 5.96 Å². The molecule has 0 saturated heterocycles. The average Bonchev–Trinajstić information content (AvgIpc) is 3.29. The summed E-state index contributed by atoms with van der Waals surface area (Å²) in [5, 5.41) is 9.54. The van der Waals surface area contributed by atoms with Gasteiger partial charge in [-0.25, -0.2) is 4.99 Å². The molecule has 1 aromatic rings. The van der Waals surface area contributed by atoms with Gasteiger partial charge in [0, 0.05) is 28.5 Å². The van der Waals surface area contributed by atoms with Crippen LogP contribution in [0.5, 0.6) is 0 Å². The summed E-state index contributed by atoms with van der Waals surface area (Å²) < 4.78 is 1.11. The highest BCUT2D eigenvalue weighted by molar-refractivity contribution is 14.0. The minimum Gasteiger partial charge on any atom is -0.357 e. The van der Waals surface area contributed by atoms with Crippen molar-refractivity contribution in [1.82, 2.24) is 16.0 Å². The van der Waals surface area contributed by atoms with Gasteiger partial charge in [-0.15, -0.1) is 24.0 Å². The predicted molar refractivity (Wildman–Crippen MR) is 122 cm³/mol. The van der Waals surface area contributed by atoms with Gasteiger partial charge in [0.25, 0.3) is 0 Å². The number of nitrogens with zero attached hydrogens (tertiary/aromatic N) is 1. The van der Waals surface area contributed by atoms with Crippen LogP contribution in [-0.4, -0.2) is 37.0 Å². The number of hydrogen-bond acceptors (Lipinski definition) is 2. The van der Waals surface area contributed by atoms with Crippen LogP contribution in [0.25, 0.3) is 0 Å². The Labute approximate surface area is 182 Å². The van der Waals surface area contributed by atoms with Crippen LogP contribution in [0.2, 0.25) is 0 Å². The van der Waals surface area contributed by atoms with Crippen LogP contribution in [0, 0.1) is 0 Å². The Balaban J connectivity index is 0.00000338. The third kappa shape index (κ3) is 7.42. The lowest BCUT2D eigenvalue weighted by molar-refractivity contribution is -0.121. The first-order valence-corrected chi connectivity index (χ1v) is 9.63. The zero-order chi connectivity index (χ0) is 18.5. The molecule has 2 rings (SSSR count). The fourth-order valence-corrected chi connectivity index (χ4v) is 3.14. The van der Waals surface area contributed by atoms with Gasteiger partial charge in [-0.05, 0) is 58.2 Å². The molecule has 0 aliphatic heterocycles. The SMILES string of the molecule is CCNC(=NCC(=O)NC(C)(C)C)NCC1(c2cccc(Br)c2)CC1.I. The monoisotopic (exact) mass is 536 g/mol. The molecule has 5 nitrogen and oxygen atoms in total. The van der Waals surface area contributed by atoms with Crippen LogP contribution in [0.3, 0.4) is 0 Å². The standard InChI is InChI=1S/C19H29BrN4O.HI/c1-5-21-17(22-12-16(25)24-18(2,3)4)23-13-19(9-10-19)14-7-6-8-15(20)11-14;/h6-8,11H,5,9-10,12-13H2,1-4H3,(H,24,25)(H2,21,22,23);1H. The Morgan fingerprint density at radius 1 is 1.27 bits per heavy atom. The number of carbonyl (C=O) groups is 1. The zero-order valence-electron chi connectivity index (χ0n) is 16.0. The second kappa shape index (κ2) is 9.92. The smallest absolute Gasteiger partial charge is 0.242 e. The molecule has 1 aromatic carbocycles. The molecule has 26 heavy (non-hydrogen) atoms. The Bertz CT molecular complexity index is 639. The predicted octanol–water partition coefficient (Wildman–Crippen LogP) is 3.57. The van der Waals surface area contributed by atoms with Crippen molar-refractivity contribution in [2.24, 2.45) is 4.99 Å². The number of benzene rings is 1. The molecule has 0 heterocycles. The lowest BCUT2D eigenvalue weighted by Crippen LogP contribution is -2.44. The summed E-state index contributed by atoms with van der Waals surface area (Å²) in [6.07, 6.45) is 2.33. The normalized spacial score (nSPS) is 15.7. The van der Waals surface area contributed by atoms with Crippen LogP contribution in [0.1, 0.15) is 46.1 Å². The third-order valence-corrected chi connectivity index (χ3v) is 4.62. The number of guanidine groups is 1. The van der Waals surface area contributed by atoms with Gasteiger partial charge in [0.1, 0.15) is 6.54 Å². The largest absolute Gasteiger partial charge is 0.357 e. The van der Waals surface area contributed by atoms with E-state index in [1.165, 1.54) is 18.4 Å². The second-order valence-corrected chi connectivity index (χ2v) is 8.55. The van der Waals surface area contributed by atoms with Gasteiger partial charge in [-0.1, -0.05) is 28.1 Å². The first kappa shape index (κ1) is 23.2. The summed E-state index contributed by atoms with van der Waals surface area (Å²) in [5.74, 6) is 0.616. The summed E-state index contributed by atoms with van der Waals surface area (Å²) in [6, 6.07) is 8.50. The number of halogens is 2. The number of hydrogen-bond donors (Lipinski definition) is 3. The molecular weight excluding hydrogens is 507 g/mol. The number of nitrogens with one attached hydrogen (secondary N) is 3. The fourth-order valence-electron chi connectivity index (χ4n) is 2.74. The number of amides is 1. The van der Waals surface area contributed by atoms with E-state index in [0.717, 1.165) is 17.6 Å². The molecule has 0 radical (unpaired) electrons. The minimum atomic E-state index is -0.239. The first-order chi connectivity index (χ1) is 11.7. The van der Waals surface area contributed by atoms with Crippen LogP contribution >= 0.6 is 39.9 Å². The Morgan fingerprint density at radius 3 is 2.50 bits per heavy atom. The summed E-state index contributed by atoms with van der Waals surface area (Å²) in [7, 11) is 0. The van der Waals surface area contributed by atoms with E-state index < -0.39 is 0 Å². The van der Waals surface area contributed by atoms with E-state index >= 15 is 0 Å². The van der Waals surface area contributed by atoms with Gasteiger partial charge >= 0.3 is 0 Å². The maximum atomic E-state index is 12.0. The molecule has 3 N–H and O–H groups in total. The second-order valence-electron chi connectivity index (χ2n) is 7.64. The first-order valence-electron chi connectivity index (χ1n) is 8.83. The topological polar surface area (TPSA) is 65.5 Å². The van der Waals surface area contributed by atoms with E-state index in [2.05, 4.69) is 55.1 Å². The third-order valence-electron chi connectivity index (χ3n) is 4.12. The quantitative estimate of drug-likeness (QED) is 0.296. The molecule has 0 unspecified atom stereocenters. The summed E-state index contributed by atoms with van der Waals surface area (Å²) in [4.78, 5) is 16.4. The molecule has 0 bridgehead atoms. The highest BCUT2D eigenvalue weighted by Crippen LogP contribution is 2.48. The maximum absolute atomic E-state index is 12.0. The van der Waals surface area contributed by atoms with Crippen molar-refractivity contribution < 1.29 is 4.79 Å². The van der Waals surface area contributed by atoms with Gasteiger partial charge in [-0.3, -0.25) is 4.79 Å². The number of aliphatic imine (C=N–C) groups is 1. The molecule has 146 valence electrons. The van der Waals surface area contributed by atoms with Crippen molar-refractivity contribution in [3.05, 3.63) is 34.3 Å². The molecule has 1 fully saturated rings. The van der Waals surface area contributed by atoms with E-state index in [9.17, 15) is 4.79 Å². The van der Waals surface area contributed by atoms with E-state index in [0.29, 0.717) is 5.96 Å². The van der Waals surface area contributed by atoms with Crippen molar-refractivity contribution in [3.63, 3.8) is 0 Å². The lowest BCUT2D eigenvalue weighted by atomic mass is 9.96. The van der Waals surface area contributed by atoms with Gasteiger partial charge in [0.2, 0.25) is 5.91 Å². The van der Waals surface area contributed by atoms with Gasteiger partial charge in [-0.2, -0.15) is 0 Å². The highest BCUT2D eigenvalue weighted by atomic mass is 127. The van der Waals surface area contributed by atoms with Gasteiger partial charge < -0.3 is 16.0 Å². The van der Waals surface area contributed by atoms with Crippen molar-refractivity contribution in [2.45, 2.75) is 51.5 Å². The Hall–Kier alpha value is -0.830. The summed E-state index contributed by atoms with van der Waals surface area (Å²) in [6.45, 7) is 9.61. The van der Waals surface area contributed by atoms with Gasteiger partial charge in [0.05, 0.1) is 0 Å². The molecule has 7 heteroatoms. The summed E-state index contributed by atoms with van der Waals surface area (Å²) >= 11 is 3.55. The molecular formula is C19H30BrIN4O. The maximum Gasteiger partial charge on any atom is 0.242 e. The number of carbonyl (C=O) groups excluding carboxylic acids is 1. The molecule has 1 amide bonds. The van der Waals surface area contributed by atoms with Crippen LogP contribution in [0.4, 0.5) is 0 Å². The lowest BCUT2D eigenvalue weighted by Gasteiger charge is -2.21. The molecule has 0 atom stereocenters. The van der Waals surface area contributed by atoms with Crippen LogP contribution < -0.4 is 16.0 Å². The molecule has 1 aliphatic rings. The highest BCUT2D eigenvalue weighted by Gasteiger charge is 2.44. The zero-order valence-corrected chi connectivity index (χ0v) is 19.9. The average molecular weight is 537 g/mol. The van der Waals surface area contributed by atoms with Crippen molar-refractivity contribution >= 4 is 51.8 Å². The fraction of sp³-hybridized carbons (Fsp3) is 0.579. The Morgan fingerprint density at radius 2 is 1.96 bits per heavy atom. The van der Waals surface area contributed by atoms with Crippen molar-refractivity contribution in [2.75, 3.05) is 19.6 Å². The summed E-state index contributed by atoms with van der Waals surface area (Å²) in [5.41, 5.74) is 1.28. The van der Waals surface area contributed by atoms with Crippen LogP contribution in [-0.2, 0) is 10.2 Å². The van der Waals surface area contributed by atoms with Crippen molar-refractivity contribution in [1.29, 1.82) is 0 Å². The van der Waals surface area contributed by atoms with E-state index in [1.807, 2.05) is 33.8 Å². The molecule has 0 spiro atoms. The Kier molecular flexibility index (Phi) is 8.85. The van der Waals surface area contributed by atoms with E-state index in [4.69, 9.17) is 0 Å². The minimum absolute atomic E-state index is 0. The van der Waals surface area contributed by atoms with Crippen molar-refractivity contribution in [3.8, 4) is 0 Å². The van der Waals surface area contributed by atoms with Crippen LogP contribution in [0.15, 0.2) is 33.7 Å². The molecule has 1 aliphatic carbocycles. The molecule has 1 saturated carbocycles. The molecule has 0 aromatic heterocycles. The number of rotatable bonds is 6. The van der Waals surface area contributed by atoms with E-state index in [1.54, 1.807) is 0 Å².